The number of rotatable bonds is 13. The van der Waals surface area contributed by atoms with Crippen molar-refractivity contribution in [3.8, 4) is 11.5 Å². The fourth-order valence-electron chi connectivity index (χ4n) is 3.26. The van der Waals surface area contributed by atoms with Crippen molar-refractivity contribution >= 4 is 41.1 Å². The van der Waals surface area contributed by atoms with Gasteiger partial charge in [0.05, 0.1) is 17.2 Å². The molecule has 0 radical (unpaired) electrons. The van der Waals surface area contributed by atoms with Gasteiger partial charge < -0.3 is 19.4 Å². The van der Waals surface area contributed by atoms with Gasteiger partial charge in [-0.3, -0.25) is 9.59 Å². The van der Waals surface area contributed by atoms with E-state index < -0.39 is 11.9 Å². The molecular weight excluding hydrogens is 464 g/mol. The smallest absolute Gasteiger partial charge is 0.308 e. The van der Waals surface area contributed by atoms with Crippen LogP contribution in [-0.4, -0.2) is 30.1 Å². The zero-order valence-corrected chi connectivity index (χ0v) is 20.6. The molecule has 2 aromatic carbocycles. The molecule has 8 heteroatoms. The van der Waals surface area contributed by atoms with E-state index in [0.29, 0.717) is 47.1 Å². The Bertz CT molecular complexity index is 1000. The molecule has 6 nitrogen and oxygen atoms in total. The van der Waals surface area contributed by atoms with Crippen molar-refractivity contribution in [2.75, 3.05) is 12.4 Å². The van der Waals surface area contributed by atoms with Crippen LogP contribution in [0.25, 0.3) is 0 Å². The summed E-state index contributed by atoms with van der Waals surface area (Å²) in [5, 5.41) is 11.2. The predicted octanol–water partition coefficient (Wildman–Crippen LogP) is 4.66. The molecule has 0 aliphatic rings. The number of carbonyl (C=O) groups excluding carboxylic acids is 3. The third-order valence-electron chi connectivity index (χ3n) is 4.73. The summed E-state index contributed by atoms with van der Waals surface area (Å²) >= 11 is 7.81. The molecule has 0 N–H and O–H groups in total. The number of hydrogen-bond acceptors (Lipinski definition) is 7. The van der Waals surface area contributed by atoms with Gasteiger partial charge in [-0.05, 0) is 42.7 Å². The van der Waals surface area contributed by atoms with Crippen molar-refractivity contribution in [1.82, 2.24) is 0 Å². The van der Waals surface area contributed by atoms with Crippen LogP contribution in [0, 0.1) is 0 Å². The molecule has 0 aromatic heterocycles. The maximum absolute atomic E-state index is 12.3. The van der Waals surface area contributed by atoms with Crippen LogP contribution in [-0.2, 0) is 22.4 Å². The monoisotopic (exact) mass is 491 g/mol. The summed E-state index contributed by atoms with van der Waals surface area (Å²) in [5.74, 6) is -0.0640. The summed E-state index contributed by atoms with van der Waals surface area (Å²) in [6, 6.07) is 8.60. The molecule has 0 atom stereocenters. The third-order valence-corrected chi connectivity index (χ3v) is 6.32. The van der Waals surface area contributed by atoms with Gasteiger partial charge in [0.25, 0.3) is 0 Å². The molecule has 0 fully saturated rings. The molecule has 178 valence electrons. The second kappa shape index (κ2) is 13.3. The average Bonchev–Trinajstić information content (AvgIpc) is 2.75. The molecule has 0 bridgehead atoms. The summed E-state index contributed by atoms with van der Waals surface area (Å²) in [6.07, 6.45) is 2.29. The minimum absolute atomic E-state index is 0.0888. The number of carboxylic acids is 1. The van der Waals surface area contributed by atoms with E-state index in [1.807, 2.05) is 6.92 Å². The van der Waals surface area contributed by atoms with E-state index in [0.717, 1.165) is 29.1 Å². The first-order chi connectivity index (χ1) is 15.8. The van der Waals surface area contributed by atoms with Crippen LogP contribution >= 0.6 is 23.4 Å². The molecule has 2 aromatic rings. The summed E-state index contributed by atoms with van der Waals surface area (Å²) in [7, 11) is 0. The van der Waals surface area contributed by atoms with E-state index >= 15 is 0 Å². The number of ether oxygens (including phenoxy) is 2. The fraction of sp³-hybridized carbons (Fsp3) is 0.400. The predicted molar refractivity (Wildman–Crippen MR) is 127 cm³/mol. The number of carboxylic acid groups (broad SMARTS) is 1. The maximum atomic E-state index is 12.3. The number of hydrogen-bond donors (Lipinski definition) is 0. The summed E-state index contributed by atoms with van der Waals surface area (Å²) in [5.41, 5.74) is 1.73. The van der Waals surface area contributed by atoms with E-state index in [4.69, 9.17) is 21.1 Å². The van der Waals surface area contributed by atoms with Crippen LogP contribution < -0.4 is 14.6 Å². The maximum Gasteiger partial charge on any atom is 0.308 e. The van der Waals surface area contributed by atoms with Crippen LogP contribution in [0.4, 0.5) is 0 Å². The largest absolute Gasteiger partial charge is 0.550 e. The van der Waals surface area contributed by atoms with Gasteiger partial charge >= 0.3 is 5.97 Å². The average molecular weight is 492 g/mol. The van der Waals surface area contributed by atoms with Gasteiger partial charge in [-0.1, -0.05) is 37.9 Å². The lowest BCUT2D eigenvalue weighted by molar-refractivity contribution is -0.304. The summed E-state index contributed by atoms with van der Waals surface area (Å²) in [4.78, 5) is 35.6. The zero-order valence-electron chi connectivity index (χ0n) is 19.1. The highest BCUT2D eigenvalue weighted by molar-refractivity contribution is 7.99. The molecule has 0 aliphatic heterocycles. The Balaban J connectivity index is 2.03. The lowest BCUT2D eigenvalue weighted by Crippen LogP contribution is -2.24. The number of esters is 1. The fourth-order valence-corrected chi connectivity index (χ4v) is 4.47. The van der Waals surface area contributed by atoms with Crippen molar-refractivity contribution in [2.24, 2.45) is 0 Å². The van der Waals surface area contributed by atoms with Crippen LogP contribution in [0.3, 0.4) is 0 Å². The topological polar surface area (TPSA) is 92.7 Å². The van der Waals surface area contributed by atoms with Gasteiger partial charge in [0.15, 0.2) is 5.78 Å². The third kappa shape index (κ3) is 8.09. The first-order valence-corrected chi connectivity index (χ1v) is 12.2. The SMILES string of the molecule is CCCc1c(OCCCSc2ccc(CC(=O)[O-])cc2Cl)ccc(C(=O)CC)c1OC(C)=O. The second-order valence-corrected chi connectivity index (χ2v) is 8.95. The summed E-state index contributed by atoms with van der Waals surface area (Å²) < 4.78 is 11.4. The molecule has 0 saturated heterocycles. The number of carbonyl (C=O) groups is 3. The molecular formula is C25H28ClO6S-. The number of ketones is 1. The van der Waals surface area contributed by atoms with E-state index in [2.05, 4.69) is 0 Å². The molecule has 0 spiro atoms. The van der Waals surface area contributed by atoms with Crippen LogP contribution in [0.15, 0.2) is 35.2 Å². The van der Waals surface area contributed by atoms with Gasteiger partial charge in [-0.15, -0.1) is 11.8 Å². The molecule has 0 heterocycles. The minimum atomic E-state index is -1.14. The normalized spacial score (nSPS) is 10.7. The lowest BCUT2D eigenvalue weighted by atomic mass is 9.99. The molecule has 33 heavy (non-hydrogen) atoms. The Hall–Kier alpha value is -2.51. The first kappa shape index (κ1) is 26.7. The van der Waals surface area contributed by atoms with Gasteiger partial charge in [-0.25, -0.2) is 0 Å². The van der Waals surface area contributed by atoms with Crippen molar-refractivity contribution in [1.29, 1.82) is 0 Å². The number of aliphatic carboxylic acids is 1. The highest BCUT2D eigenvalue weighted by Crippen LogP contribution is 2.35. The number of benzene rings is 2. The van der Waals surface area contributed by atoms with E-state index in [1.54, 1.807) is 49.0 Å². The zero-order chi connectivity index (χ0) is 24.4. The highest BCUT2D eigenvalue weighted by Gasteiger charge is 2.20. The van der Waals surface area contributed by atoms with Gasteiger partial charge in [0.2, 0.25) is 0 Å². The molecule has 0 amide bonds. The van der Waals surface area contributed by atoms with Crippen molar-refractivity contribution < 1.29 is 29.0 Å². The van der Waals surface area contributed by atoms with E-state index in [1.165, 1.54) is 6.92 Å². The highest BCUT2D eigenvalue weighted by atomic mass is 35.5. The summed E-state index contributed by atoms with van der Waals surface area (Å²) in [6.45, 7) is 5.53. The van der Waals surface area contributed by atoms with Crippen molar-refractivity contribution in [3.63, 3.8) is 0 Å². The molecule has 0 aliphatic carbocycles. The minimum Gasteiger partial charge on any atom is -0.550 e. The molecule has 0 saturated carbocycles. The lowest BCUT2D eigenvalue weighted by Gasteiger charge is -2.17. The van der Waals surface area contributed by atoms with E-state index in [9.17, 15) is 19.5 Å². The number of thioether (sulfide) groups is 1. The molecule has 2 rings (SSSR count). The van der Waals surface area contributed by atoms with Gasteiger partial charge in [-0.2, -0.15) is 0 Å². The number of halogens is 1. The van der Waals surface area contributed by atoms with Gasteiger partial charge in [0.1, 0.15) is 11.5 Å². The van der Waals surface area contributed by atoms with Crippen molar-refractivity contribution in [3.05, 3.63) is 52.0 Å². The van der Waals surface area contributed by atoms with Crippen molar-refractivity contribution in [2.45, 2.75) is 57.8 Å². The Kier molecular flexibility index (Phi) is 10.7. The van der Waals surface area contributed by atoms with E-state index in [-0.39, 0.29) is 12.2 Å². The quantitative estimate of drug-likeness (QED) is 0.132. The Morgan fingerprint density at radius 3 is 2.48 bits per heavy atom. The van der Waals surface area contributed by atoms with Crippen LogP contribution in [0.2, 0.25) is 5.02 Å². The Labute approximate surface area is 203 Å². The van der Waals surface area contributed by atoms with Crippen LogP contribution in [0.5, 0.6) is 11.5 Å². The molecule has 0 unspecified atom stereocenters. The standard InChI is InChI=1S/C25H29ClO6S/c1-4-7-19-22(10-9-18(21(28)5-2)25(19)32-16(3)27)31-12-6-13-33-23-11-8-17(14-20(23)26)15-24(29)30/h8-11,14H,4-7,12-13,15H2,1-3H3,(H,29,30)/p-1. The second-order valence-electron chi connectivity index (χ2n) is 7.40. The Morgan fingerprint density at radius 1 is 1.12 bits per heavy atom. The van der Waals surface area contributed by atoms with Gasteiger partial charge in [0, 0.05) is 41.9 Å². The number of Topliss-reactive ketones (excluding diaryl/α,β-unsaturated/α-hetero) is 1. The Morgan fingerprint density at radius 2 is 1.88 bits per heavy atom. The first-order valence-electron chi connectivity index (χ1n) is 10.9. The van der Waals surface area contributed by atoms with Crippen LogP contribution in [0.1, 0.15) is 61.5 Å².